The highest BCUT2D eigenvalue weighted by Crippen LogP contribution is 2.67. The van der Waals surface area contributed by atoms with Gasteiger partial charge in [-0.25, -0.2) is 0 Å². The highest BCUT2D eigenvalue weighted by atomic mass is 16.4. The zero-order valence-electron chi connectivity index (χ0n) is 17.6. The van der Waals surface area contributed by atoms with Gasteiger partial charge in [0.1, 0.15) is 0 Å². The second-order valence-corrected chi connectivity index (χ2v) is 10.2. The zero-order valence-corrected chi connectivity index (χ0v) is 17.6. The van der Waals surface area contributed by atoms with E-state index in [0.717, 1.165) is 44.6 Å². The lowest BCUT2D eigenvalue weighted by molar-refractivity contribution is -0.138. The van der Waals surface area contributed by atoms with Gasteiger partial charge >= 0.3 is 5.97 Å². The summed E-state index contributed by atoms with van der Waals surface area (Å²) in [7, 11) is 0. The van der Waals surface area contributed by atoms with Crippen molar-refractivity contribution >= 4 is 11.9 Å². The van der Waals surface area contributed by atoms with Crippen LogP contribution >= 0.6 is 0 Å². The highest BCUT2D eigenvalue weighted by molar-refractivity contribution is 5.85. The fourth-order valence-electron chi connectivity index (χ4n) is 6.54. The summed E-state index contributed by atoms with van der Waals surface area (Å²) in [5.74, 6) is 1.08. The van der Waals surface area contributed by atoms with E-state index >= 15 is 0 Å². The van der Waals surface area contributed by atoms with Gasteiger partial charge in [0.2, 0.25) is 5.91 Å². The largest absolute Gasteiger partial charge is 0.481 e. The maximum absolute atomic E-state index is 13.1. The first-order valence-electron chi connectivity index (χ1n) is 11.1. The molecule has 1 aromatic carbocycles. The number of carbonyl (C=O) groups is 2. The van der Waals surface area contributed by atoms with Gasteiger partial charge in [0.25, 0.3) is 0 Å². The molecule has 1 amide bonds. The number of carboxylic acid groups (broad SMARTS) is 1. The fraction of sp³-hybridized carbons (Fsp3) is 0.667. The number of rotatable bonds is 9. The summed E-state index contributed by atoms with van der Waals surface area (Å²) in [6.07, 6.45) is 6.52. The molecule has 4 bridgehead atoms. The van der Waals surface area contributed by atoms with Crippen LogP contribution in [0.3, 0.4) is 0 Å². The molecule has 158 valence electrons. The molecule has 4 fully saturated rings. The quantitative estimate of drug-likeness (QED) is 0.596. The number of carbonyl (C=O) groups excluding carboxylic acids is 1. The van der Waals surface area contributed by atoms with Crippen LogP contribution in [0.1, 0.15) is 57.9 Å². The topological polar surface area (TPSA) is 78.4 Å². The Hall–Kier alpha value is -1.88. The summed E-state index contributed by atoms with van der Waals surface area (Å²) in [5.41, 5.74) is 0.791. The average molecular weight is 399 g/mol. The Morgan fingerprint density at radius 3 is 2.66 bits per heavy atom. The number of hydrogen-bond acceptors (Lipinski definition) is 3. The van der Waals surface area contributed by atoms with E-state index in [4.69, 9.17) is 0 Å². The van der Waals surface area contributed by atoms with Crippen molar-refractivity contribution in [2.45, 2.75) is 70.4 Å². The average Bonchev–Trinajstić information content (AvgIpc) is 3.05. The molecule has 5 atom stereocenters. The fourth-order valence-corrected chi connectivity index (χ4v) is 6.54. The lowest BCUT2D eigenvalue weighted by Gasteiger charge is -2.35. The van der Waals surface area contributed by atoms with Crippen molar-refractivity contribution in [1.82, 2.24) is 10.6 Å². The summed E-state index contributed by atoms with van der Waals surface area (Å²) in [6, 6.07) is 10.5. The van der Waals surface area contributed by atoms with Crippen molar-refractivity contribution in [3.05, 3.63) is 35.9 Å². The summed E-state index contributed by atoms with van der Waals surface area (Å²) < 4.78 is 0. The van der Waals surface area contributed by atoms with Gasteiger partial charge in [-0.2, -0.15) is 0 Å². The van der Waals surface area contributed by atoms with Gasteiger partial charge in [-0.05, 0) is 81.1 Å². The monoisotopic (exact) mass is 398 g/mol. The zero-order chi connectivity index (χ0) is 20.6. The Labute approximate surface area is 173 Å². The van der Waals surface area contributed by atoms with Crippen molar-refractivity contribution in [2.24, 2.45) is 23.2 Å². The van der Waals surface area contributed by atoms with Gasteiger partial charge < -0.3 is 15.7 Å². The Balaban J connectivity index is 1.34. The van der Waals surface area contributed by atoms with Gasteiger partial charge in [0, 0.05) is 19.0 Å². The second-order valence-electron chi connectivity index (χ2n) is 10.2. The molecule has 3 N–H and O–H groups in total. The van der Waals surface area contributed by atoms with Crippen LogP contribution in [-0.2, 0) is 16.0 Å². The van der Waals surface area contributed by atoms with E-state index in [2.05, 4.69) is 22.8 Å². The minimum Gasteiger partial charge on any atom is -0.481 e. The SMILES string of the molecule is CC(C)(NCCc1ccccc1)C(=O)NC1C2CC3CC1C(CCC(=O)O)(C3)C2. The molecule has 4 aliphatic rings. The van der Waals surface area contributed by atoms with E-state index in [-0.39, 0.29) is 23.8 Å². The molecule has 5 heteroatoms. The van der Waals surface area contributed by atoms with Crippen molar-refractivity contribution < 1.29 is 14.7 Å². The van der Waals surface area contributed by atoms with Crippen LogP contribution in [0, 0.1) is 23.2 Å². The molecule has 0 aromatic heterocycles. The summed E-state index contributed by atoms with van der Waals surface area (Å²) in [4.78, 5) is 24.3. The molecule has 0 radical (unpaired) electrons. The van der Waals surface area contributed by atoms with Crippen molar-refractivity contribution in [1.29, 1.82) is 0 Å². The van der Waals surface area contributed by atoms with E-state index in [1.807, 2.05) is 32.0 Å². The molecule has 0 saturated heterocycles. The Morgan fingerprint density at radius 2 is 1.93 bits per heavy atom. The smallest absolute Gasteiger partial charge is 0.303 e. The molecule has 29 heavy (non-hydrogen) atoms. The number of hydrogen-bond donors (Lipinski definition) is 3. The number of aliphatic carboxylic acids is 1. The molecule has 5 unspecified atom stereocenters. The maximum atomic E-state index is 13.1. The van der Waals surface area contributed by atoms with Crippen LogP contribution in [-0.4, -0.2) is 35.1 Å². The van der Waals surface area contributed by atoms with Crippen LogP contribution in [0.2, 0.25) is 0 Å². The number of benzene rings is 1. The first-order valence-corrected chi connectivity index (χ1v) is 11.1. The molecule has 4 saturated carbocycles. The van der Waals surface area contributed by atoms with Crippen LogP contribution < -0.4 is 10.6 Å². The molecular weight excluding hydrogens is 364 g/mol. The predicted molar refractivity (Wildman–Crippen MR) is 112 cm³/mol. The number of nitrogens with one attached hydrogen (secondary N) is 2. The lowest BCUT2D eigenvalue weighted by Crippen LogP contribution is -2.57. The minimum atomic E-state index is -0.699. The highest BCUT2D eigenvalue weighted by Gasteiger charge is 2.62. The Kier molecular flexibility index (Phi) is 5.45. The summed E-state index contributed by atoms with van der Waals surface area (Å²) in [6.45, 7) is 4.67. The molecule has 0 aliphatic heterocycles. The molecule has 5 nitrogen and oxygen atoms in total. The van der Waals surface area contributed by atoms with Gasteiger partial charge in [-0.3, -0.25) is 9.59 Å². The third kappa shape index (κ3) is 4.07. The van der Waals surface area contributed by atoms with Crippen LogP contribution in [0.4, 0.5) is 0 Å². The summed E-state index contributed by atoms with van der Waals surface area (Å²) in [5, 5.41) is 16.0. The Morgan fingerprint density at radius 1 is 1.17 bits per heavy atom. The normalized spacial score (nSPS) is 32.5. The molecule has 4 aliphatic carbocycles. The first kappa shape index (κ1) is 20.4. The third-order valence-corrected chi connectivity index (χ3v) is 7.84. The first-order chi connectivity index (χ1) is 13.8. The van der Waals surface area contributed by atoms with Crippen molar-refractivity contribution in [3.63, 3.8) is 0 Å². The molecule has 0 heterocycles. The molecular formula is C24H34N2O3. The van der Waals surface area contributed by atoms with Crippen LogP contribution in [0.25, 0.3) is 0 Å². The van der Waals surface area contributed by atoms with Crippen molar-refractivity contribution in [2.75, 3.05) is 6.54 Å². The Bertz CT molecular complexity index is 763. The number of carboxylic acids is 1. The van der Waals surface area contributed by atoms with Gasteiger partial charge in [-0.1, -0.05) is 30.3 Å². The molecule has 0 spiro atoms. The second kappa shape index (κ2) is 7.75. The van der Waals surface area contributed by atoms with Crippen LogP contribution in [0.15, 0.2) is 30.3 Å². The molecule has 1 aromatic rings. The summed E-state index contributed by atoms with van der Waals surface area (Å²) >= 11 is 0. The van der Waals surface area contributed by atoms with E-state index in [9.17, 15) is 14.7 Å². The van der Waals surface area contributed by atoms with Gasteiger partial charge in [-0.15, -0.1) is 0 Å². The van der Waals surface area contributed by atoms with Crippen molar-refractivity contribution in [3.8, 4) is 0 Å². The van der Waals surface area contributed by atoms with E-state index in [1.165, 1.54) is 12.0 Å². The number of amides is 1. The van der Waals surface area contributed by atoms with E-state index < -0.39 is 11.5 Å². The van der Waals surface area contributed by atoms with Gasteiger partial charge in [0.15, 0.2) is 0 Å². The minimum absolute atomic E-state index is 0.0694. The predicted octanol–water partition coefficient (Wildman–Crippen LogP) is 3.38. The lowest BCUT2D eigenvalue weighted by atomic mass is 9.73. The third-order valence-electron chi connectivity index (χ3n) is 7.84. The standard InChI is InChI=1S/C24H34N2O3/c1-23(2,25-11-9-16-6-4-3-5-7-16)22(29)26-21-18-12-17-13-19(21)24(14-17,15-18)10-8-20(27)28/h3-7,17-19,21,25H,8-15H2,1-2H3,(H,26,29)(H,27,28). The van der Waals surface area contributed by atoms with E-state index in [0.29, 0.717) is 11.8 Å². The van der Waals surface area contributed by atoms with Crippen LogP contribution in [0.5, 0.6) is 0 Å². The molecule has 5 rings (SSSR count). The van der Waals surface area contributed by atoms with E-state index in [1.54, 1.807) is 0 Å². The van der Waals surface area contributed by atoms with Gasteiger partial charge in [0.05, 0.1) is 5.54 Å². The maximum Gasteiger partial charge on any atom is 0.303 e.